The second kappa shape index (κ2) is 7.74. The van der Waals surface area contributed by atoms with Gasteiger partial charge in [-0.1, -0.05) is 17.7 Å². The van der Waals surface area contributed by atoms with Gasteiger partial charge in [0.05, 0.1) is 18.1 Å². The van der Waals surface area contributed by atoms with Crippen LogP contribution in [0.5, 0.6) is 0 Å². The number of carbonyl (C=O) groups excluding carboxylic acids is 1. The van der Waals surface area contributed by atoms with Crippen LogP contribution in [0.15, 0.2) is 18.2 Å². The zero-order valence-electron chi connectivity index (χ0n) is 15.3. The predicted octanol–water partition coefficient (Wildman–Crippen LogP) is 1.42. The summed E-state index contributed by atoms with van der Waals surface area (Å²) in [7, 11) is -1.26. The molecule has 2 saturated heterocycles. The Labute approximate surface area is 160 Å². The molecule has 0 saturated carbocycles. The molecule has 0 spiro atoms. The number of halogens is 1. The maximum absolute atomic E-state index is 12.5. The Morgan fingerprint density at radius 3 is 2.58 bits per heavy atom. The van der Waals surface area contributed by atoms with E-state index < -0.39 is 9.84 Å². The quantitative estimate of drug-likeness (QED) is 0.766. The SMILES string of the molecule is Cc1ccc(Cl)cc1N1CCN(CC(=O)N(C)[C@H]2CCS(=O)(=O)C2)CC1. The molecule has 1 amide bonds. The lowest BCUT2D eigenvalue weighted by Crippen LogP contribution is -2.51. The van der Waals surface area contributed by atoms with Crippen molar-refractivity contribution in [3.63, 3.8) is 0 Å². The average molecular weight is 400 g/mol. The minimum atomic E-state index is -2.98. The maximum atomic E-state index is 12.5. The number of piperazine rings is 1. The van der Waals surface area contributed by atoms with E-state index in [1.165, 1.54) is 5.56 Å². The van der Waals surface area contributed by atoms with Crippen LogP contribution in [-0.4, -0.2) is 81.4 Å². The number of likely N-dealkylation sites (N-methyl/N-ethyl adjacent to an activating group) is 1. The van der Waals surface area contributed by atoms with Crippen molar-refractivity contribution in [1.82, 2.24) is 9.80 Å². The summed E-state index contributed by atoms with van der Waals surface area (Å²) in [6.45, 7) is 5.70. The van der Waals surface area contributed by atoms with Gasteiger partial charge in [0.25, 0.3) is 0 Å². The van der Waals surface area contributed by atoms with Gasteiger partial charge >= 0.3 is 0 Å². The van der Waals surface area contributed by atoms with E-state index in [0.717, 1.165) is 36.9 Å². The fraction of sp³-hybridized carbons (Fsp3) is 0.611. The molecular formula is C18H26ClN3O3S. The van der Waals surface area contributed by atoms with E-state index >= 15 is 0 Å². The molecule has 6 nitrogen and oxygen atoms in total. The van der Waals surface area contributed by atoms with Crippen LogP contribution >= 0.6 is 11.6 Å². The average Bonchev–Trinajstić information content (AvgIpc) is 2.97. The lowest BCUT2D eigenvalue weighted by Gasteiger charge is -2.37. The van der Waals surface area contributed by atoms with Crippen molar-refractivity contribution in [3.05, 3.63) is 28.8 Å². The van der Waals surface area contributed by atoms with Gasteiger partial charge in [-0.3, -0.25) is 9.69 Å². The summed E-state index contributed by atoms with van der Waals surface area (Å²) < 4.78 is 23.2. The first-order valence-corrected chi connectivity index (χ1v) is 11.1. The molecule has 2 fully saturated rings. The minimum absolute atomic E-state index is 0.000476. The molecule has 8 heteroatoms. The van der Waals surface area contributed by atoms with Gasteiger partial charge in [-0.05, 0) is 31.0 Å². The minimum Gasteiger partial charge on any atom is -0.369 e. The molecule has 26 heavy (non-hydrogen) atoms. The molecule has 0 bridgehead atoms. The van der Waals surface area contributed by atoms with Gasteiger partial charge < -0.3 is 9.80 Å². The monoisotopic (exact) mass is 399 g/mol. The highest BCUT2D eigenvalue weighted by molar-refractivity contribution is 7.91. The summed E-state index contributed by atoms with van der Waals surface area (Å²) in [4.78, 5) is 18.6. The Hall–Kier alpha value is -1.31. The summed E-state index contributed by atoms with van der Waals surface area (Å²) in [6.07, 6.45) is 0.548. The van der Waals surface area contributed by atoms with E-state index in [2.05, 4.69) is 16.7 Å². The van der Waals surface area contributed by atoms with E-state index in [1.54, 1.807) is 11.9 Å². The lowest BCUT2D eigenvalue weighted by atomic mass is 10.1. The molecule has 0 aliphatic carbocycles. The first-order valence-electron chi connectivity index (χ1n) is 8.95. The van der Waals surface area contributed by atoms with Gasteiger partial charge in [-0.25, -0.2) is 8.42 Å². The molecule has 0 radical (unpaired) electrons. The first-order chi connectivity index (χ1) is 12.2. The number of hydrogen-bond donors (Lipinski definition) is 0. The van der Waals surface area contributed by atoms with Crippen molar-refractivity contribution in [2.75, 3.05) is 56.2 Å². The smallest absolute Gasteiger partial charge is 0.236 e. The summed E-state index contributed by atoms with van der Waals surface area (Å²) in [5.74, 6) is 0.281. The van der Waals surface area contributed by atoms with Crippen LogP contribution in [0.1, 0.15) is 12.0 Å². The maximum Gasteiger partial charge on any atom is 0.236 e. The highest BCUT2D eigenvalue weighted by Crippen LogP contribution is 2.25. The molecule has 1 atom stereocenters. The number of sulfone groups is 1. The van der Waals surface area contributed by atoms with Crippen LogP contribution in [0.25, 0.3) is 0 Å². The van der Waals surface area contributed by atoms with Crippen LogP contribution in [0.2, 0.25) is 5.02 Å². The van der Waals surface area contributed by atoms with Gasteiger partial charge in [0.1, 0.15) is 0 Å². The highest BCUT2D eigenvalue weighted by atomic mass is 35.5. The number of aryl methyl sites for hydroxylation is 1. The highest BCUT2D eigenvalue weighted by Gasteiger charge is 2.33. The molecule has 2 aliphatic heterocycles. The van der Waals surface area contributed by atoms with E-state index in [0.29, 0.717) is 13.0 Å². The molecule has 3 rings (SSSR count). The van der Waals surface area contributed by atoms with Crippen LogP contribution in [0, 0.1) is 6.92 Å². The molecule has 2 aliphatic rings. The van der Waals surface area contributed by atoms with Crippen molar-refractivity contribution in [3.8, 4) is 0 Å². The fourth-order valence-electron chi connectivity index (χ4n) is 3.66. The lowest BCUT2D eigenvalue weighted by molar-refractivity contribution is -0.132. The molecule has 0 aromatic heterocycles. The Bertz CT molecular complexity index is 776. The Morgan fingerprint density at radius 2 is 1.96 bits per heavy atom. The summed E-state index contributed by atoms with van der Waals surface area (Å²) in [5, 5.41) is 0.733. The number of rotatable bonds is 4. The molecule has 0 unspecified atom stereocenters. The van der Waals surface area contributed by atoms with Crippen molar-refractivity contribution < 1.29 is 13.2 Å². The number of amides is 1. The Kier molecular flexibility index (Phi) is 5.79. The summed E-state index contributed by atoms with van der Waals surface area (Å²) in [6, 6.07) is 5.74. The first kappa shape index (κ1) is 19.5. The van der Waals surface area contributed by atoms with Crippen LogP contribution in [0.4, 0.5) is 5.69 Å². The largest absolute Gasteiger partial charge is 0.369 e. The Morgan fingerprint density at radius 1 is 1.27 bits per heavy atom. The molecular weight excluding hydrogens is 374 g/mol. The van der Waals surface area contributed by atoms with Crippen molar-refractivity contribution >= 4 is 33.0 Å². The number of carbonyl (C=O) groups is 1. The van der Waals surface area contributed by atoms with Crippen molar-refractivity contribution in [1.29, 1.82) is 0 Å². The van der Waals surface area contributed by atoms with Gasteiger partial charge in [-0.15, -0.1) is 0 Å². The standard InChI is InChI=1S/C18H26ClN3O3S/c1-14-3-4-15(19)11-17(14)22-8-6-21(7-9-22)12-18(23)20(2)16-5-10-26(24,25)13-16/h3-4,11,16H,5-10,12-13H2,1-2H3/t16-/m0/s1. The Balaban J connectivity index is 1.52. The van der Waals surface area contributed by atoms with E-state index in [-0.39, 0.29) is 23.5 Å². The van der Waals surface area contributed by atoms with Gasteiger partial charge in [0, 0.05) is 50.0 Å². The molecule has 144 valence electrons. The number of nitrogens with zero attached hydrogens (tertiary/aromatic N) is 3. The second-order valence-corrected chi connectivity index (χ2v) is 9.92. The zero-order chi connectivity index (χ0) is 18.9. The van der Waals surface area contributed by atoms with E-state index in [1.807, 2.05) is 18.2 Å². The molecule has 0 N–H and O–H groups in total. The van der Waals surface area contributed by atoms with Gasteiger partial charge in [0.15, 0.2) is 9.84 Å². The van der Waals surface area contributed by atoms with Crippen LogP contribution < -0.4 is 4.90 Å². The third-order valence-corrected chi connectivity index (χ3v) is 7.38. The number of benzene rings is 1. The molecule has 1 aromatic rings. The normalized spacial score (nSPS) is 23.2. The van der Waals surface area contributed by atoms with Gasteiger partial charge in [-0.2, -0.15) is 0 Å². The second-order valence-electron chi connectivity index (χ2n) is 7.26. The summed E-state index contributed by atoms with van der Waals surface area (Å²) >= 11 is 6.12. The fourth-order valence-corrected chi connectivity index (χ4v) is 5.60. The van der Waals surface area contributed by atoms with Crippen molar-refractivity contribution in [2.24, 2.45) is 0 Å². The number of anilines is 1. The predicted molar refractivity (Wildman–Crippen MR) is 105 cm³/mol. The molecule has 2 heterocycles. The molecule has 1 aromatic carbocycles. The zero-order valence-corrected chi connectivity index (χ0v) is 16.9. The van der Waals surface area contributed by atoms with E-state index in [9.17, 15) is 13.2 Å². The van der Waals surface area contributed by atoms with Gasteiger partial charge in [0.2, 0.25) is 5.91 Å². The van der Waals surface area contributed by atoms with Crippen LogP contribution in [-0.2, 0) is 14.6 Å². The number of hydrogen-bond acceptors (Lipinski definition) is 5. The topological polar surface area (TPSA) is 60.9 Å². The van der Waals surface area contributed by atoms with Crippen molar-refractivity contribution in [2.45, 2.75) is 19.4 Å². The summed E-state index contributed by atoms with van der Waals surface area (Å²) in [5.41, 5.74) is 2.35. The van der Waals surface area contributed by atoms with E-state index in [4.69, 9.17) is 11.6 Å². The van der Waals surface area contributed by atoms with Crippen LogP contribution in [0.3, 0.4) is 0 Å². The third-order valence-electron chi connectivity index (χ3n) is 5.39. The third kappa shape index (κ3) is 4.50.